The maximum absolute atomic E-state index is 5.80. The average Bonchev–Trinajstić information content (AvgIpc) is 2.36. The molecule has 0 aromatic heterocycles. The van der Waals surface area contributed by atoms with Crippen LogP contribution in [0.25, 0.3) is 0 Å². The summed E-state index contributed by atoms with van der Waals surface area (Å²) in [5.41, 5.74) is 7.00. The number of hydrogen-bond donors (Lipinski definition) is 1. The van der Waals surface area contributed by atoms with Gasteiger partial charge in [0.15, 0.2) is 0 Å². The number of hydrogen-bond acceptors (Lipinski definition) is 3. The van der Waals surface area contributed by atoms with Crippen LogP contribution in [0.3, 0.4) is 0 Å². The second kappa shape index (κ2) is 6.03. The van der Waals surface area contributed by atoms with Gasteiger partial charge in [-0.15, -0.1) is 0 Å². The monoisotopic (exact) mass is 236 g/mol. The molecule has 0 fully saturated rings. The molecule has 2 N–H and O–H groups in total. The van der Waals surface area contributed by atoms with Gasteiger partial charge in [0.2, 0.25) is 0 Å². The molecule has 0 bridgehead atoms. The molecule has 0 saturated heterocycles. The van der Waals surface area contributed by atoms with Crippen molar-refractivity contribution in [3.8, 4) is 5.75 Å². The van der Waals surface area contributed by atoms with Crippen LogP contribution in [0, 0.1) is 0 Å². The highest BCUT2D eigenvalue weighted by Crippen LogP contribution is 2.16. The zero-order valence-corrected chi connectivity index (χ0v) is 11.4. The summed E-state index contributed by atoms with van der Waals surface area (Å²) in [4.78, 5) is 2.10. The maximum atomic E-state index is 5.80. The lowest BCUT2D eigenvalue weighted by Gasteiger charge is -2.34. The molecule has 1 atom stereocenters. The third-order valence-corrected chi connectivity index (χ3v) is 3.40. The van der Waals surface area contributed by atoms with Gasteiger partial charge in [-0.2, -0.15) is 0 Å². The van der Waals surface area contributed by atoms with E-state index in [-0.39, 0.29) is 5.54 Å². The molecule has 1 rings (SSSR count). The smallest absolute Gasteiger partial charge is 0.119 e. The Morgan fingerprint density at radius 1 is 1.24 bits per heavy atom. The largest absolute Gasteiger partial charge is 0.492 e. The molecule has 17 heavy (non-hydrogen) atoms. The molecular weight excluding hydrogens is 212 g/mol. The van der Waals surface area contributed by atoms with E-state index in [1.165, 1.54) is 5.56 Å². The quantitative estimate of drug-likeness (QED) is 0.820. The molecule has 1 aromatic carbocycles. The third-order valence-electron chi connectivity index (χ3n) is 3.40. The van der Waals surface area contributed by atoms with Gasteiger partial charge >= 0.3 is 0 Å². The van der Waals surface area contributed by atoms with Crippen LogP contribution in [0.15, 0.2) is 24.3 Å². The normalized spacial score (nSPS) is 14.7. The SMILES string of the molecule is CCc1ccc(OCC(C)(CN)N(C)C)cc1. The molecule has 0 saturated carbocycles. The van der Waals surface area contributed by atoms with Crippen LogP contribution < -0.4 is 10.5 Å². The molecule has 3 nitrogen and oxygen atoms in total. The predicted octanol–water partition coefficient (Wildman–Crippen LogP) is 1.91. The summed E-state index contributed by atoms with van der Waals surface area (Å²) in [7, 11) is 4.05. The van der Waals surface area contributed by atoms with Crippen LogP contribution >= 0.6 is 0 Å². The van der Waals surface area contributed by atoms with Crippen molar-refractivity contribution in [3.05, 3.63) is 29.8 Å². The first-order valence-electron chi connectivity index (χ1n) is 6.11. The number of benzene rings is 1. The lowest BCUT2D eigenvalue weighted by molar-refractivity contribution is 0.104. The van der Waals surface area contributed by atoms with Gasteiger partial charge < -0.3 is 10.5 Å². The van der Waals surface area contributed by atoms with Crippen molar-refractivity contribution in [2.75, 3.05) is 27.2 Å². The Balaban J connectivity index is 2.59. The number of ether oxygens (including phenoxy) is 1. The molecule has 0 aliphatic heterocycles. The van der Waals surface area contributed by atoms with E-state index in [0.29, 0.717) is 13.2 Å². The topological polar surface area (TPSA) is 38.5 Å². The fraction of sp³-hybridized carbons (Fsp3) is 0.571. The second-order valence-corrected chi connectivity index (χ2v) is 4.88. The maximum Gasteiger partial charge on any atom is 0.119 e. The Bertz CT molecular complexity index is 335. The average molecular weight is 236 g/mol. The number of nitrogens with zero attached hydrogens (tertiary/aromatic N) is 1. The summed E-state index contributed by atoms with van der Waals surface area (Å²) in [5, 5.41) is 0. The lowest BCUT2D eigenvalue weighted by atomic mass is 10.0. The van der Waals surface area contributed by atoms with E-state index in [1.807, 2.05) is 26.2 Å². The number of likely N-dealkylation sites (N-methyl/N-ethyl adjacent to an activating group) is 1. The van der Waals surface area contributed by atoms with Crippen molar-refractivity contribution >= 4 is 0 Å². The molecule has 0 amide bonds. The summed E-state index contributed by atoms with van der Waals surface area (Å²) in [6.07, 6.45) is 1.05. The Hall–Kier alpha value is -1.06. The fourth-order valence-electron chi connectivity index (χ4n) is 1.43. The van der Waals surface area contributed by atoms with Gasteiger partial charge in [-0.3, -0.25) is 4.90 Å². The van der Waals surface area contributed by atoms with Crippen LogP contribution in [-0.4, -0.2) is 37.7 Å². The highest BCUT2D eigenvalue weighted by molar-refractivity contribution is 5.27. The molecule has 96 valence electrons. The van der Waals surface area contributed by atoms with E-state index in [4.69, 9.17) is 10.5 Å². The zero-order valence-electron chi connectivity index (χ0n) is 11.4. The van der Waals surface area contributed by atoms with E-state index in [2.05, 4.69) is 30.9 Å². The van der Waals surface area contributed by atoms with Crippen molar-refractivity contribution in [2.45, 2.75) is 25.8 Å². The van der Waals surface area contributed by atoms with Crippen LogP contribution in [0.2, 0.25) is 0 Å². The van der Waals surface area contributed by atoms with Crippen LogP contribution in [0.5, 0.6) is 5.75 Å². The summed E-state index contributed by atoms with van der Waals surface area (Å²) in [6, 6.07) is 8.24. The molecule has 0 radical (unpaired) electrons. The Morgan fingerprint density at radius 2 is 1.82 bits per heavy atom. The summed E-state index contributed by atoms with van der Waals surface area (Å²) in [6.45, 7) is 5.43. The molecule has 0 spiro atoms. The minimum atomic E-state index is -0.122. The molecule has 0 heterocycles. The Kier molecular flexibility index (Phi) is 4.97. The highest BCUT2D eigenvalue weighted by Gasteiger charge is 2.26. The number of aryl methyl sites for hydroxylation is 1. The number of rotatable bonds is 6. The van der Waals surface area contributed by atoms with Gasteiger partial charge in [0, 0.05) is 6.54 Å². The molecule has 0 aliphatic rings. The van der Waals surface area contributed by atoms with Crippen molar-refractivity contribution in [1.82, 2.24) is 4.90 Å². The van der Waals surface area contributed by atoms with Crippen LogP contribution in [0.1, 0.15) is 19.4 Å². The third kappa shape index (κ3) is 3.72. The molecule has 1 unspecified atom stereocenters. The molecule has 1 aromatic rings. The highest BCUT2D eigenvalue weighted by atomic mass is 16.5. The minimum Gasteiger partial charge on any atom is -0.492 e. The van der Waals surface area contributed by atoms with Gasteiger partial charge in [0.25, 0.3) is 0 Å². The summed E-state index contributed by atoms with van der Waals surface area (Å²) >= 11 is 0. The lowest BCUT2D eigenvalue weighted by Crippen LogP contribution is -2.52. The van der Waals surface area contributed by atoms with E-state index >= 15 is 0 Å². The van der Waals surface area contributed by atoms with Crippen molar-refractivity contribution in [3.63, 3.8) is 0 Å². The van der Waals surface area contributed by atoms with Crippen LogP contribution in [-0.2, 0) is 6.42 Å². The van der Waals surface area contributed by atoms with Gasteiger partial charge in [-0.05, 0) is 45.1 Å². The van der Waals surface area contributed by atoms with E-state index < -0.39 is 0 Å². The zero-order chi connectivity index (χ0) is 12.9. The van der Waals surface area contributed by atoms with Gasteiger partial charge in [0.05, 0.1) is 5.54 Å². The Morgan fingerprint density at radius 3 is 2.24 bits per heavy atom. The first kappa shape index (κ1) is 14.0. The standard InChI is InChI=1S/C14H24N2O/c1-5-12-6-8-13(9-7-12)17-11-14(2,10-15)16(3)4/h6-9H,5,10-11,15H2,1-4H3. The van der Waals surface area contributed by atoms with Crippen molar-refractivity contribution < 1.29 is 4.74 Å². The number of nitrogens with two attached hydrogens (primary N) is 1. The first-order chi connectivity index (χ1) is 8.01. The van der Waals surface area contributed by atoms with Gasteiger partial charge in [-0.25, -0.2) is 0 Å². The Labute approximate surface area is 105 Å². The van der Waals surface area contributed by atoms with Crippen molar-refractivity contribution in [2.24, 2.45) is 5.73 Å². The fourth-order valence-corrected chi connectivity index (χ4v) is 1.43. The predicted molar refractivity (Wildman–Crippen MR) is 72.5 cm³/mol. The molecular formula is C14H24N2O. The van der Waals surface area contributed by atoms with E-state index in [0.717, 1.165) is 12.2 Å². The van der Waals surface area contributed by atoms with Gasteiger partial charge in [-0.1, -0.05) is 19.1 Å². The molecule has 3 heteroatoms. The summed E-state index contributed by atoms with van der Waals surface area (Å²) < 4.78 is 5.80. The van der Waals surface area contributed by atoms with Gasteiger partial charge in [0.1, 0.15) is 12.4 Å². The van der Waals surface area contributed by atoms with E-state index in [9.17, 15) is 0 Å². The summed E-state index contributed by atoms with van der Waals surface area (Å²) in [5.74, 6) is 0.906. The van der Waals surface area contributed by atoms with Crippen LogP contribution in [0.4, 0.5) is 0 Å². The van der Waals surface area contributed by atoms with E-state index in [1.54, 1.807) is 0 Å². The van der Waals surface area contributed by atoms with Crippen molar-refractivity contribution in [1.29, 1.82) is 0 Å². The molecule has 0 aliphatic carbocycles. The minimum absolute atomic E-state index is 0.122. The second-order valence-electron chi connectivity index (χ2n) is 4.88. The first-order valence-corrected chi connectivity index (χ1v) is 6.11.